The normalized spacial score (nSPS) is 20.0. The molecule has 10 heteroatoms. The van der Waals surface area contributed by atoms with Gasteiger partial charge < -0.3 is 25.8 Å². The minimum Gasteiger partial charge on any atom is -0.436 e. The number of nitrogens with two attached hydrogens (primary N) is 1. The van der Waals surface area contributed by atoms with E-state index < -0.39 is 35.7 Å². The molecule has 1 aromatic heterocycles. The van der Waals surface area contributed by atoms with Crippen LogP contribution in [0.3, 0.4) is 0 Å². The van der Waals surface area contributed by atoms with Gasteiger partial charge in [0.15, 0.2) is 6.10 Å². The number of aromatic nitrogens is 1. The van der Waals surface area contributed by atoms with Gasteiger partial charge in [-0.1, -0.05) is 45.0 Å². The molecule has 3 rings (SSSR count). The van der Waals surface area contributed by atoms with E-state index >= 15 is 0 Å². The van der Waals surface area contributed by atoms with Gasteiger partial charge in [-0.3, -0.25) is 9.59 Å². The molecule has 0 radical (unpaired) electrons. The average molecular weight is 489 g/mol. The van der Waals surface area contributed by atoms with Gasteiger partial charge in [0.25, 0.3) is 5.91 Å². The Balaban J connectivity index is 1.72. The number of thiazole rings is 1. The molecule has 3 amide bonds. The van der Waals surface area contributed by atoms with Crippen LogP contribution in [-0.2, 0) is 14.3 Å². The fraction of sp³-hybridized carbons (Fsp3) is 0.500. The number of carbonyl (C=O) groups excluding carboxylic acids is 3. The summed E-state index contributed by atoms with van der Waals surface area (Å²) >= 11 is 1.57. The van der Waals surface area contributed by atoms with Gasteiger partial charge >= 0.3 is 6.09 Å². The van der Waals surface area contributed by atoms with Crippen molar-refractivity contribution in [2.45, 2.75) is 65.3 Å². The zero-order valence-corrected chi connectivity index (χ0v) is 20.9. The van der Waals surface area contributed by atoms with Crippen LogP contribution in [0, 0.1) is 12.3 Å². The molecule has 1 saturated heterocycles. The molecule has 2 aromatic rings. The molecule has 1 aliphatic rings. The molecule has 9 nitrogen and oxygen atoms in total. The minimum absolute atomic E-state index is 0.0249. The van der Waals surface area contributed by atoms with E-state index in [1.165, 1.54) is 4.90 Å². The molecule has 1 aromatic carbocycles. The number of aliphatic hydroxyl groups is 1. The number of rotatable bonds is 6. The Labute approximate surface area is 203 Å². The predicted octanol–water partition coefficient (Wildman–Crippen LogP) is 2.77. The number of hydrogen-bond donors (Lipinski definition) is 3. The third-order valence-corrected chi connectivity index (χ3v) is 6.86. The summed E-state index contributed by atoms with van der Waals surface area (Å²) < 4.78 is 5.08. The van der Waals surface area contributed by atoms with Crippen LogP contribution in [0.4, 0.5) is 4.79 Å². The summed E-state index contributed by atoms with van der Waals surface area (Å²) in [5, 5.41) is 13.2. The van der Waals surface area contributed by atoms with E-state index in [9.17, 15) is 19.5 Å². The third-order valence-electron chi connectivity index (χ3n) is 5.89. The lowest BCUT2D eigenvalue weighted by Gasteiger charge is -2.34. The molecule has 1 aliphatic heterocycles. The molecule has 4 N–H and O–H groups in total. The van der Waals surface area contributed by atoms with Gasteiger partial charge in [-0.15, -0.1) is 11.3 Å². The van der Waals surface area contributed by atoms with Crippen molar-refractivity contribution in [2.75, 3.05) is 6.54 Å². The summed E-state index contributed by atoms with van der Waals surface area (Å²) in [6, 6.07) is 6.67. The summed E-state index contributed by atoms with van der Waals surface area (Å²) in [7, 11) is 0. The molecule has 0 aliphatic carbocycles. The van der Waals surface area contributed by atoms with E-state index in [1.807, 2.05) is 43.6 Å². The average Bonchev–Trinajstić information content (AvgIpc) is 3.36. The smallest absolute Gasteiger partial charge is 0.405 e. The fourth-order valence-electron chi connectivity index (χ4n) is 4.07. The highest BCUT2D eigenvalue weighted by Crippen LogP contribution is 2.30. The van der Waals surface area contributed by atoms with Gasteiger partial charge in [-0.05, 0) is 25.0 Å². The van der Waals surface area contributed by atoms with E-state index in [2.05, 4.69) is 10.3 Å². The Morgan fingerprint density at radius 3 is 2.44 bits per heavy atom. The van der Waals surface area contributed by atoms with Gasteiger partial charge in [0.2, 0.25) is 5.91 Å². The first-order chi connectivity index (χ1) is 15.9. The molecule has 0 spiro atoms. The van der Waals surface area contributed by atoms with Gasteiger partial charge in [-0.25, -0.2) is 9.78 Å². The molecule has 34 heavy (non-hydrogen) atoms. The number of amides is 3. The monoisotopic (exact) mass is 488 g/mol. The van der Waals surface area contributed by atoms with Gasteiger partial charge in [-0.2, -0.15) is 0 Å². The van der Waals surface area contributed by atoms with Gasteiger partial charge in [0.05, 0.1) is 28.2 Å². The van der Waals surface area contributed by atoms with Gasteiger partial charge in [0, 0.05) is 18.4 Å². The van der Waals surface area contributed by atoms with Crippen LogP contribution in [-0.4, -0.2) is 57.7 Å². The number of β-amino-alcohol motifs (C(OH)–C–C–N with tert-alkyl or cyclic N) is 1. The van der Waals surface area contributed by atoms with E-state index in [0.717, 1.165) is 21.7 Å². The van der Waals surface area contributed by atoms with E-state index in [0.29, 0.717) is 0 Å². The molecule has 0 bridgehead atoms. The summed E-state index contributed by atoms with van der Waals surface area (Å²) in [6.45, 7) is 9.00. The Morgan fingerprint density at radius 2 is 1.91 bits per heavy atom. The lowest BCUT2D eigenvalue weighted by atomic mass is 9.88. The van der Waals surface area contributed by atoms with Crippen molar-refractivity contribution in [1.82, 2.24) is 15.2 Å². The standard InChI is InChI=1S/C24H32N4O5S/c1-13(15-6-8-16(9-7-15)19-14(2)26-12-34-19)27-21(30)18-10-17(29)11-28(18)22(31)20(24(3,4)5)33-23(25)32/h6-9,12-13,17-18,20,29H,10-11H2,1-5H3,(H2,25,32)(H,27,30)/t13-,17-,18+,20?/m0/s1. The first-order valence-electron chi connectivity index (χ1n) is 11.1. The molecular formula is C24H32N4O5S. The molecule has 2 heterocycles. The molecular weight excluding hydrogens is 456 g/mol. The Morgan fingerprint density at radius 1 is 1.26 bits per heavy atom. The van der Waals surface area contributed by atoms with Crippen LogP contribution in [0.15, 0.2) is 29.8 Å². The SMILES string of the molecule is Cc1ncsc1-c1ccc([C@H](C)NC(=O)[C@H]2C[C@H](O)CN2C(=O)C(OC(N)=O)C(C)(C)C)cc1. The molecule has 4 atom stereocenters. The van der Waals surface area contributed by atoms with E-state index in [-0.39, 0.29) is 24.9 Å². The van der Waals surface area contributed by atoms with Crippen molar-refractivity contribution in [3.8, 4) is 10.4 Å². The molecule has 1 unspecified atom stereocenters. The van der Waals surface area contributed by atoms with Crippen LogP contribution < -0.4 is 11.1 Å². The van der Waals surface area contributed by atoms with Crippen LogP contribution in [0.25, 0.3) is 10.4 Å². The van der Waals surface area contributed by atoms with Crippen molar-refractivity contribution >= 4 is 29.2 Å². The van der Waals surface area contributed by atoms with Crippen LogP contribution >= 0.6 is 11.3 Å². The Hall–Kier alpha value is -2.98. The predicted molar refractivity (Wildman–Crippen MR) is 129 cm³/mol. The quantitative estimate of drug-likeness (QED) is 0.572. The van der Waals surface area contributed by atoms with Crippen molar-refractivity contribution in [1.29, 1.82) is 0 Å². The summed E-state index contributed by atoms with van der Waals surface area (Å²) in [5.41, 5.74) is 9.16. The van der Waals surface area contributed by atoms with Crippen LogP contribution in [0.1, 0.15) is 51.4 Å². The highest BCUT2D eigenvalue weighted by molar-refractivity contribution is 7.13. The number of nitrogens with one attached hydrogen (secondary N) is 1. The molecule has 0 saturated carbocycles. The van der Waals surface area contributed by atoms with Crippen LogP contribution in [0.2, 0.25) is 0 Å². The second-order valence-electron chi connectivity index (χ2n) is 9.70. The maximum absolute atomic E-state index is 13.2. The first-order valence-corrected chi connectivity index (χ1v) is 12.0. The van der Waals surface area contributed by atoms with Crippen molar-refractivity contribution in [3.63, 3.8) is 0 Å². The summed E-state index contributed by atoms with van der Waals surface area (Å²) in [5.74, 6) is -0.938. The third kappa shape index (κ3) is 5.74. The Kier molecular flexibility index (Phi) is 7.62. The first kappa shape index (κ1) is 25.6. The number of hydrogen-bond acceptors (Lipinski definition) is 7. The summed E-state index contributed by atoms with van der Waals surface area (Å²) in [6.07, 6.45) is -3.00. The maximum atomic E-state index is 13.2. The number of ether oxygens (including phenoxy) is 1. The van der Waals surface area contributed by atoms with Crippen molar-refractivity contribution in [3.05, 3.63) is 41.0 Å². The number of carbonyl (C=O) groups is 3. The molecule has 1 fully saturated rings. The van der Waals surface area contributed by atoms with E-state index in [1.54, 1.807) is 32.1 Å². The highest BCUT2D eigenvalue weighted by Gasteiger charge is 2.45. The number of primary amides is 1. The van der Waals surface area contributed by atoms with Crippen molar-refractivity contribution < 1.29 is 24.2 Å². The lowest BCUT2D eigenvalue weighted by Crippen LogP contribution is -2.53. The zero-order chi connectivity index (χ0) is 25.2. The fourth-order valence-corrected chi connectivity index (χ4v) is 4.88. The summed E-state index contributed by atoms with van der Waals surface area (Å²) in [4.78, 5) is 44.4. The number of aryl methyl sites for hydroxylation is 1. The maximum Gasteiger partial charge on any atom is 0.405 e. The second kappa shape index (κ2) is 10.1. The van der Waals surface area contributed by atoms with Gasteiger partial charge in [0.1, 0.15) is 6.04 Å². The number of benzene rings is 1. The molecule has 184 valence electrons. The lowest BCUT2D eigenvalue weighted by molar-refractivity contribution is -0.150. The van der Waals surface area contributed by atoms with Crippen molar-refractivity contribution in [2.24, 2.45) is 11.1 Å². The topological polar surface area (TPSA) is 135 Å². The zero-order valence-electron chi connectivity index (χ0n) is 20.1. The van der Waals surface area contributed by atoms with Crippen LogP contribution in [0.5, 0.6) is 0 Å². The number of aliphatic hydroxyl groups excluding tert-OH is 1. The Bertz CT molecular complexity index is 1050. The minimum atomic E-state index is -1.18. The largest absolute Gasteiger partial charge is 0.436 e. The highest BCUT2D eigenvalue weighted by atomic mass is 32.1. The number of likely N-dealkylation sites (tertiary alicyclic amines) is 1. The number of nitrogens with zero attached hydrogens (tertiary/aromatic N) is 2. The van der Waals surface area contributed by atoms with E-state index in [4.69, 9.17) is 10.5 Å². The second-order valence-corrected chi connectivity index (χ2v) is 10.6.